The summed E-state index contributed by atoms with van der Waals surface area (Å²) in [7, 11) is 0. The summed E-state index contributed by atoms with van der Waals surface area (Å²) >= 11 is 2.26. The van der Waals surface area contributed by atoms with Crippen molar-refractivity contribution in [1.29, 1.82) is 0 Å². The molecule has 1 aliphatic heterocycles. The molecule has 1 saturated heterocycles. The first kappa shape index (κ1) is 12.2. The van der Waals surface area contributed by atoms with E-state index in [9.17, 15) is 0 Å². The Hall–Kier alpha value is -0.890. The van der Waals surface area contributed by atoms with Crippen molar-refractivity contribution in [3.63, 3.8) is 0 Å². The van der Waals surface area contributed by atoms with Crippen molar-refractivity contribution in [2.45, 2.75) is 25.3 Å². The number of nitrogens with zero attached hydrogens (tertiary/aromatic N) is 4. The van der Waals surface area contributed by atoms with E-state index in [2.05, 4.69) is 48.8 Å². The van der Waals surface area contributed by atoms with E-state index in [1.807, 2.05) is 18.6 Å². The van der Waals surface area contributed by atoms with Crippen molar-refractivity contribution in [2.24, 2.45) is 5.73 Å². The van der Waals surface area contributed by atoms with Gasteiger partial charge < -0.3 is 10.6 Å². The normalized spacial score (nSPS) is 19.4. The van der Waals surface area contributed by atoms with Crippen LogP contribution in [0.2, 0.25) is 0 Å². The fourth-order valence-electron chi connectivity index (χ4n) is 2.33. The molecule has 0 atom stereocenters. The number of rotatable bonds is 1. The van der Waals surface area contributed by atoms with Gasteiger partial charge in [-0.15, -0.1) is 0 Å². The van der Waals surface area contributed by atoms with E-state index in [4.69, 9.17) is 5.73 Å². The zero-order valence-corrected chi connectivity index (χ0v) is 12.5. The SMILES string of the molecule is CC1(N)CCN(c2ncc(I)c3nccn23)CC1. The smallest absolute Gasteiger partial charge is 0.211 e. The second-order valence-corrected chi connectivity index (χ2v) is 6.33. The lowest BCUT2D eigenvalue weighted by Crippen LogP contribution is -2.48. The zero-order valence-electron chi connectivity index (χ0n) is 10.3. The molecule has 0 radical (unpaired) electrons. The van der Waals surface area contributed by atoms with Crippen LogP contribution in [0.1, 0.15) is 19.8 Å². The summed E-state index contributed by atoms with van der Waals surface area (Å²) in [5.74, 6) is 0.971. The van der Waals surface area contributed by atoms with Crippen molar-refractivity contribution in [2.75, 3.05) is 18.0 Å². The summed E-state index contributed by atoms with van der Waals surface area (Å²) in [6.45, 7) is 4.03. The van der Waals surface area contributed by atoms with Crippen molar-refractivity contribution < 1.29 is 0 Å². The van der Waals surface area contributed by atoms with E-state index in [1.54, 1.807) is 0 Å². The summed E-state index contributed by atoms with van der Waals surface area (Å²) in [6, 6.07) is 0. The highest BCUT2D eigenvalue weighted by molar-refractivity contribution is 14.1. The van der Waals surface area contributed by atoms with Gasteiger partial charge in [-0.05, 0) is 42.4 Å². The first-order valence-electron chi connectivity index (χ1n) is 6.08. The summed E-state index contributed by atoms with van der Waals surface area (Å²) in [5.41, 5.74) is 7.11. The van der Waals surface area contributed by atoms with Crippen molar-refractivity contribution in [1.82, 2.24) is 14.4 Å². The second-order valence-electron chi connectivity index (χ2n) is 5.17. The van der Waals surface area contributed by atoms with Crippen LogP contribution in [-0.4, -0.2) is 33.0 Å². The molecule has 18 heavy (non-hydrogen) atoms. The van der Waals surface area contributed by atoms with Gasteiger partial charge >= 0.3 is 0 Å². The number of hydrogen-bond donors (Lipinski definition) is 1. The van der Waals surface area contributed by atoms with Gasteiger partial charge in [0.2, 0.25) is 5.95 Å². The monoisotopic (exact) mass is 357 g/mol. The largest absolute Gasteiger partial charge is 0.342 e. The van der Waals surface area contributed by atoms with Gasteiger partial charge in [0, 0.05) is 37.2 Å². The Bertz CT molecular complexity index is 567. The van der Waals surface area contributed by atoms with Crippen LogP contribution >= 0.6 is 22.6 Å². The molecule has 6 heteroatoms. The van der Waals surface area contributed by atoms with Gasteiger partial charge in [-0.2, -0.15) is 0 Å². The van der Waals surface area contributed by atoms with Crippen LogP contribution < -0.4 is 10.6 Å². The maximum absolute atomic E-state index is 6.17. The molecule has 1 fully saturated rings. The number of aromatic nitrogens is 3. The molecular weight excluding hydrogens is 341 g/mol. The van der Waals surface area contributed by atoms with Gasteiger partial charge in [-0.1, -0.05) is 0 Å². The third-order valence-electron chi connectivity index (χ3n) is 3.55. The van der Waals surface area contributed by atoms with E-state index in [-0.39, 0.29) is 5.54 Å². The number of halogens is 1. The number of imidazole rings is 1. The lowest BCUT2D eigenvalue weighted by molar-refractivity contribution is 0.361. The molecule has 3 rings (SSSR count). The van der Waals surface area contributed by atoms with Crippen molar-refractivity contribution in [3.05, 3.63) is 22.2 Å². The molecule has 0 unspecified atom stereocenters. The highest BCUT2D eigenvalue weighted by atomic mass is 127. The third kappa shape index (κ3) is 2.07. The van der Waals surface area contributed by atoms with Gasteiger partial charge in [-0.3, -0.25) is 4.40 Å². The van der Waals surface area contributed by atoms with Gasteiger partial charge in [0.05, 0.1) is 3.57 Å². The van der Waals surface area contributed by atoms with Gasteiger partial charge in [0.15, 0.2) is 5.65 Å². The lowest BCUT2D eigenvalue weighted by atomic mass is 9.91. The summed E-state index contributed by atoms with van der Waals surface area (Å²) in [6.07, 6.45) is 7.66. The molecule has 2 aromatic rings. The van der Waals surface area contributed by atoms with Crippen LogP contribution in [0.15, 0.2) is 18.6 Å². The molecule has 0 aromatic carbocycles. The maximum Gasteiger partial charge on any atom is 0.211 e. The minimum Gasteiger partial charge on any atom is -0.342 e. The van der Waals surface area contributed by atoms with Crippen molar-refractivity contribution in [3.8, 4) is 0 Å². The molecule has 96 valence electrons. The number of nitrogens with two attached hydrogens (primary N) is 1. The summed E-state index contributed by atoms with van der Waals surface area (Å²) in [4.78, 5) is 11.2. The quantitative estimate of drug-likeness (QED) is 0.789. The first-order chi connectivity index (χ1) is 8.57. The highest BCUT2D eigenvalue weighted by Gasteiger charge is 2.27. The first-order valence-corrected chi connectivity index (χ1v) is 7.16. The second kappa shape index (κ2) is 4.34. The van der Waals surface area contributed by atoms with E-state index in [1.165, 1.54) is 0 Å². The van der Waals surface area contributed by atoms with Crippen LogP contribution in [0, 0.1) is 3.57 Å². The molecule has 0 spiro atoms. The Morgan fingerprint density at radius 3 is 2.78 bits per heavy atom. The average molecular weight is 357 g/mol. The maximum atomic E-state index is 6.17. The van der Waals surface area contributed by atoms with Crippen LogP contribution in [0.3, 0.4) is 0 Å². The Morgan fingerprint density at radius 1 is 1.33 bits per heavy atom. The van der Waals surface area contributed by atoms with E-state index in [0.717, 1.165) is 41.1 Å². The van der Waals surface area contributed by atoms with E-state index < -0.39 is 0 Å². The Morgan fingerprint density at radius 2 is 2.06 bits per heavy atom. The molecule has 0 saturated carbocycles. The summed E-state index contributed by atoms with van der Waals surface area (Å²) < 4.78 is 3.13. The minimum atomic E-state index is -0.0340. The molecule has 5 nitrogen and oxygen atoms in total. The van der Waals surface area contributed by atoms with Crippen LogP contribution in [0.25, 0.3) is 5.65 Å². The van der Waals surface area contributed by atoms with E-state index in [0.29, 0.717) is 0 Å². The van der Waals surface area contributed by atoms with Gasteiger partial charge in [0.1, 0.15) is 0 Å². The number of anilines is 1. The lowest BCUT2D eigenvalue weighted by Gasteiger charge is -2.37. The third-order valence-corrected chi connectivity index (χ3v) is 4.31. The zero-order chi connectivity index (χ0) is 12.8. The van der Waals surface area contributed by atoms with Gasteiger partial charge in [0.25, 0.3) is 0 Å². The highest BCUT2D eigenvalue weighted by Crippen LogP contribution is 2.24. The molecule has 0 aliphatic carbocycles. The Kier molecular flexibility index (Phi) is 2.93. The number of fused-ring (bicyclic) bond motifs is 1. The molecule has 0 bridgehead atoms. The van der Waals surface area contributed by atoms with Crippen molar-refractivity contribution >= 4 is 34.2 Å². The summed E-state index contributed by atoms with van der Waals surface area (Å²) in [5, 5.41) is 0. The topological polar surface area (TPSA) is 59.5 Å². The minimum absolute atomic E-state index is 0.0340. The number of hydrogen-bond acceptors (Lipinski definition) is 4. The van der Waals surface area contributed by atoms with Crippen LogP contribution in [-0.2, 0) is 0 Å². The molecular formula is C12H16IN5. The number of piperidine rings is 1. The molecule has 3 heterocycles. The molecule has 2 aromatic heterocycles. The molecule has 2 N–H and O–H groups in total. The molecule has 1 aliphatic rings. The Balaban J connectivity index is 1.96. The standard InChI is InChI=1S/C12H16IN5/c1-12(14)2-5-17(6-3-12)11-16-8-9(13)10-15-4-7-18(10)11/h4,7-8H,2-3,5-6,14H2,1H3. The predicted octanol–water partition coefficient (Wildman–Crippen LogP) is 1.65. The van der Waals surface area contributed by atoms with E-state index >= 15 is 0 Å². The molecule has 0 amide bonds. The van der Waals surface area contributed by atoms with Crippen LogP contribution in [0.4, 0.5) is 5.95 Å². The fraction of sp³-hybridized carbons (Fsp3) is 0.500. The predicted molar refractivity (Wildman–Crippen MR) is 79.7 cm³/mol. The van der Waals surface area contributed by atoms with Crippen LogP contribution in [0.5, 0.6) is 0 Å². The average Bonchev–Trinajstić information content (AvgIpc) is 2.80. The fourth-order valence-corrected chi connectivity index (χ4v) is 2.87. The Labute approximate surface area is 120 Å². The van der Waals surface area contributed by atoms with Gasteiger partial charge in [-0.25, -0.2) is 9.97 Å².